The molecular weight excluding hydrogens is 384 g/mol. The third-order valence-corrected chi connectivity index (χ3v) is 5.85. The average molecular weight is 415 g/mol. The maximum atomic E-state index is 13.3. The Labute approximate surface area is 177 Å². The van der Waals surface area contributed by atoms with E-state index in [0.717, 1.165) is 64.3 Å². The predicted molar refractivity (Wildman–Crippen MR) is 111 cm³/mol. The number of carbonyl (C=O) groups is 1. The van der Waals surface area contributed by atoms with Crippen LogP contribution in [0.3, 0.4) is 0 Å². The molecule has 0 bridgehead atoms. The summed E-state index contributed by atoms with van der Waals surface area (Å²) in [4.78, 5) is 17.7. The Morgan fingerprint density at radius 3 is 2.80 bits per heavy atom. The van der Waals surface area contributed by atoms with Crippen LogP contribution in [-0.4, -0.2) is 88.2 Å². The van der Waals surface area contributed by atoms with E-state index in [1.807, 2.05) is 11.8 Å². The molecule has 0 spiro atoms. The van der Waals surface area contributed by atoms with Crippen LogP contribution in [0, 0.1) is 0 Å². The number of amides is 1. The van der Waals surface area contributed by atoms with Gasteiger partial charge in [0.1, 0.15) is 0 Å². The summed E-state index contributed by atoms with van der Waals surface area (Å²) >= 11 is 0. The zero-order chi connectivity index (χ0) is 20.9. The van der Waals surface area contributed by atoms with Crippen molar-refractivity contribution in [3.05, 3.63) is 29.6 Å². The van der Waals surface area contributed by atoms with Crippen molar-refractivity contribution in [2.75, 3.05) is 46.4 Å². The second-order valence-electron chi connectivity index (χ2n) is 7.79. The van der Waals surface area contributed by atoms with Crippen LogP contribution in [0.25, 0.3) is 5.82 Å². The van der Waals surface area contributed by atoms with Crippen molar-refractivity contribution in [2.24, 2.45) is 0 Å². The quantitative estimate of drug-likeness (QED) is 0.709. The van der Waals surface area contributed by atoms with E-state index >= 15 is 0 Å². The van der Waals surface area contributed by atoms with E-state index in [1.165, 1.54) is 0 Å². The molecular formula is C21H30N6O3. The van der Waals surface area contributed by atoms with Gasteiger partial charge in [-0.3, -0.25) is 9.69 Å². The Morgan fingerprint density at radius 2 is 2.10 bits per heavy atom. The summed E-state index contributed by atoms with van der Waals surface area (Å²) in [5.74, 6) is 1.06. The van der Waals surface area contributed by atoms with Crippen LogP contribution in [0.2, 0.25) is 0 Å². The van der Waals surface area contributed by atoms with Crippen LogP contribution < -0.4 is 4.74 Å². The minimum Gasteiger partial charge on any atom is -0.480 e. The van der Waals surface area contributed by atoms with E-state index in [0.29, 0.717) is 29.8 Å². The Morgan fingerprint density at radius 1 is 1.20 bits per heavy atom. The maximum Gasteiger partial charge on any atom is 0.257 e. The van der Waals surface area contributed by atoms with Gasteiger partial charge >= 0.3 is 0 Å². The van der Waals surface area contributed by atoms with Crippen LogP contribution in [-0.2, 0) is 11.2 Å². The van der Waals surface area contributed by atoms with E-state index < -0.39 is 0 Å². The normalized spacial score (nSPS) is 20.3. The lowest BCUT2D eigenvalue weighted by Crippen LogP contribution is -2.37. The maximum absolute atomic E-state index is 13.3. The third-order valence-electron chi connectivity index (χ3n) is 5.85. The zero-order valence-electron chi connectivity index (χ0n) is 17.8. The van der Waals surface area contributed by atoms with Gasteiger partial charge in [0.25, 0.3) is 5.91 Å². The fourth-order valence-electron chi connectivity index (χ4n) is 4.23. The molecule has 2 fully saturated rings. The average Bonchev–Trinajstić information content (AvgIpc) is 3.39. The summed E-state index contributed by atoms with van der Waals surface area (Å²) in [5, 5.41) is 12.6. The minimum absolute atomic E-state index is 0.0403. The second kappa shape index (κ2) is 9.53. The molecule has 1 atom stereocenters. The monoisotopic (exact) mass is 414 g/mol. The van der Waals surface area contributed by atoms with Gasteiger partial charge in [0, 0.05) is 38.9 Å². The molecule has 0 N–H and O–H groups in total. The molecule has 30 heavy (non-hydrogen) atoms. The number of hydrogen-bond donors (Lipinski definition) is 0. The molecule has 2 aromatic heterocycles. The van der Waals surface area contributed by atoms with Crippen LogP contribution >= 0.6 is 0 Å². The molecule has 2 aliphatic heterocycles. The van der Waals surface area contributed by atoms with Gasteiger partial charge in [-0.05, 0) is 38.3 Å². The van der Waals surface area contributed by atoms with Gasteiger partial charge in [-0.2, -0.15) is 5.10 Å². The topological polar surface area (TPSA) is 85.6 Å². The van der Waals surface area contributed by atoms with Crippen molar-refractivity contribution in [1.82, 2.24) is 29.8 Å². The van der Waals surface area contributed by atoms with Crippen molar-refractivity contribution in [1.29, 1.82) is 0 Å². The van der Waals surface area contributed by atoms with Crippen molar-refractivity contribution in [3.63, 3.8) is 0 Å². The third kappa shape index (κ3) is 4.46. The van der Waals surface area contributed by atoms with E-state index in [2.05, 4.69) is 20.2 Å². The fourth-order valence-corrected chi connectivity index (χ4v) is 4.23. The number of carbonyl (C=O) groups excluding carboxylic acids is 1. The van der Waals surface area contributed by atoms with Gasteiger partial charge in [0.2, 0.25) is 5.88 Å². The van der Waals surface area contributed by atoms with E-state index in [-0.39, 0.29) is 5.91 Å². The van der Waals surface area contributed by atoms with Crippen molar-refractivity contribution in [2.45, 2.75) is 38.7 Å². The van der Waals surface area contributed by atoms with Gasteiger partial charge in [-0.25, -0.2) is 4.68 Å². The first-order valence-corrected chi connectivity index (χ1v) is 10.8. The molecule has 1 amide bonds. The van der Waals surface area contributed by atoms with Gasteiger partial charge in [-0.1, -0.05) is 6.92 Å². The highest BCUT2D eigenvalue weighted by Gasteiger charge is 2.26. The molecule has 4 rings (SSSR count). The summed E-state index contributed by atoms with van der Waals surface area (Å²) in [6, 6.07) is 3.53. The zero-order valence-corrected chi connectivity index (χ0v) is 17.8. The highest BCUT2D eigenvalue weighted by atomic mass is 16.5. The number of nitrogens with zero attached hydrogens (tertiary/aromatic N) is 6. The highest BCUT2D eigenvalue weighted by molar-refractivity contribution is 5.95. The molecule has 0 aromatic carbocycles. The molecule has 4 heterocycles. The first kappa shape index (κ1) is 20.7. The Hall–Kier alpha value is -2.52. The van der Waals surface area contributed by atoms with Crippen LogP contribution in [0.5, 0.6) is 5.88 Å². The summed E-state index contributed by atoms with van der Waals surface area (Å²) < 4.78 is 12.5. The van der Waals surface area contributed by atoms with Crippen LogP contribution in [0.4, 0.5) is 0 Å². The van der Waals surface area contributed by atoms with E-state index in [1.54, 1.807) is 30.1 Å². The molecule has 0 radical (unpaired) electrons. The lowest BCUT2D eigenvalue weighted by molar-refractivity contribution is 0.0703. The summed E-state index contributed by atoms with van der Waals surface area (Å²) in [5.41, 5.74) is 1.49. The first-order chi connectivity index (χ1) is 14.7. The molecule has 2 saturated heterocycles. The molecule has 2 aliphatic rings. The van der Waals surface area contributed by atoms with Crippen molar-refractivity contribution < 1.29 is 14.3 Å². The smallest absolute Gasteiger partial charge is 0.257 e. The standard InChI is InChI=1S/C21H30N6O3/c1-3-18-17(14-22-27(18)19-7-8-20(29-2)24-23-19)21(28)26-10-5-9-25(11-12-26)15-16-6-4-13-30-16/h7-8,14,16H,3-6,9-13,15H2,1-2H3/t16-/m1/s1. The largest absolute Gasteiger partial charge is 0.480 e. The summed E-state index contributed by atoms with van der Waals surface area (Å²) in [6.45, 7) is 7.24. The van der Waals surface area contributed by atoms with Gasteiger partial charge in [-0.15, -0.1) is 10.2 Å². The van der Waals surface area contributed by atoms with Gasteiger partial charge in [0.15, 0.2) is 5.82 Å². The minimum atomic E-state index is 0.0403. The fraction of sp³-hybridized carbons (Fsp3) is 0.619. The molecule has 0 saturated carbocycles. The molecule has 0 aliphatic carbocycles. The summed E-state index contributed by atoms with van der Waals surface area (Å²) in [7, 11) is 1.55. The second-order valence-corrected chi connectivity index (χ2v) is 7.79. The number of ether oxygens (including phenoxy) is 2. The van der Waals surface area contributed by atoms with E-state index in [4.69, 9.17) is 9.47 Å². The van der Waals surface area contributed by atoms with Gasteiger partial charge < -0.3 is 14.4 Å². The summed E-state index contributed by atoms with van der Waals surface area (Å²) in [6.07, 6.45) is 5.95. The highest BCUT2D eigenvalue weighted by Crippen LogP contribution is 2.19. The van der Waals surface area contributed by atoms with Crippen molar-refractivity contribution >= 4 is 5.91 Å². The molecule has 162 valence electrons. The Bertz CT molecular complexity index is 847. The van der Waals surface area contributed by atoms with Crippen LogP contribution in [0.15, 0.2) is 18.3 Å². The van der Waals surface area contributed by atoms with E-state index in [9.17, 15) is 4.79 Å². The van der Waals surface area contributed by atoms with Crippen LogP contribution in [0.1, 0.15) is 42.2 Å². The predicted octanol–water partition coefficient (Wildman–Crippen LogP) is 1.56. The molecule has 0 unspecified atom stereocenters. The number of methoxy groups -OCH3 is 1. The number of hydrogen-bond acceptors (Lipinski definition) is 7. The lowest BCUT2D eigenvalue weighted by Gasteiger charge is -2.24. The number of rotatable bonds is 6. The lowest BCUT2D eigenvalue weighted by atomic mass is 10.1. The van der Waals surface area contributed by atoms with Gasteiger partial charge in [0.05, 0.1) is 30.7 Å². The van der Waals surface area contributed by atoms with Crippen molar-refractivity contribution in [3.8, 4) is 11.7 Å². The SMILES string of the molecule is CCc1c(C(=O)N2CCCN(C[C@H]3CCCO3)CC2)cnn1-c1ccc(OC)nn1. The molecule has 2 aromatic rings. The molecule has 9 nitrogen and oxygen atoms in total. The first-order valence-electron chi connectivity index (χ1n) is 10.8. The Kier molecular flexibility index (Phi) is 6.59. The Balaban J connectivity index is 1.45. The number of aromatic nitrogens is 4. The molecule has 9 heteroatoms.